The van der Waals surface area contributed by atoms with E-state index in [1.165, 1.54) is 22.5 Å². The number of ether oxygens (including phenoxy) is 1. The summed E-state index contributed by atoms with van der Waals surface area (Å²) < 4.78 is 38.3. The fraction of sp³-hybridized carbons (Fsp3) is 0.263. The number of sulfonamides is 1. The average Bonchev–Trinajstić information content (AvgIpc) is 3.40. The van der Waals surface area contributed by atoms with Crippen molar-refractivity contribution in [1.29, 1.82) is 0 Å². The van der Waals surface area contributed by atoms with Gasteiger partial charge in [-0.05, 0) is 43.2 Å². The van der Waals surface area contributed by atoms with Gasteiger partial charge in [-0.1, -0.05) is 23.7 Å². The van der Waals surface area contributed by atoms with Crippen molar-refractivity contribution in [3.63, 3.8) is 0 Å². The van der Waals surface area contributed by atoms with Crippen molar-refractivity contribution < 1.29 is 17.6 Å². The molecule has 7 nitrogen and oxygen atoms in total. The van der Waals surface area contributed by atoms with Crippen LogP contribution in [-0.2, 0) is 10.0 Å². The summed E-state index contributed by atoms with van der Waals surface area (Å²) in [6.07, 6.45) is 1.73. The van der Waals surface area contributed by atoms with E-state index in [2.05, 4.69) is 10.2 Å². The molecule has 3 aromatic rings. The molecule has 4 rings (SSSR count). The fourth-order valence-electron chi connectivity index (χ4n) is 3.17. The molecule has 0 amide bonds. The Kier molecular flexibility index (Phi) is 5.09. The minimum Gasteiger partial charge on any atom is -0.496 e. The second-order valence-corrected chi connectivity index (χ2v) is 8.71. The number of halogens is 1. The lowest BCUT2D eigenvalue weighted by molar-refractivity contribution is 0.414. The largest absolute Gasteiger partial charge is 0.496 e. The molecule has 1 aliphatic heterocycles. The maximum absolute atomic E-state index is 12.8. The molecule has 0 saturated carbocycles. The molecular weight excluding hydrogens is 402 g/mol. The number of benzene rings is 2. The predicted molar refractivity (Wildman–Crippen MR) is 105 cm³/mol. The molecule has 2 aromatic carbocycles. The van der Waals surface area contributed by atoms with Crippen LogP contribution < -0.4 is 4.74 Å². The summed E-state index contributed by atoms with van der Waals surface area (Å²) in [5.74, 6) is 0.995. The second kappa shape index (κ2) is 7.54. The minimum absolute atomic E-state index is 0.143. The molecule has 146 valence electrons. The van der Waals surface area contributed by atoms with Crippen molar-refractivity contribution in [3.8, 4) is 28.7 Å². The first-order chi connectivity index (χ1) is 13.5. The molecule has 0 aliphatic carbocycles. The molecule has 0 spiro atoms. The minimum atomic E-state index is -3.58. The van der Waals surface area contributed by atoms with Gasteiger partial charge in [0, 0.05) is 13.1 Å². The van der Waals surface area contributed by atoms with E-state index >= 15 is 0 Å². The third kappa shape index (κ3) is 3.39. The first kappa shape index (κ1) is 18.9. The van der Waals surface area contributed by atoms with Crippen LogP contribution in [0, 0.1) is 0 Å². The molecule has 1 aromatic heterocycles. The zero-order valence-corrected chi connectivity index (χ0v) is 16.7. The predicted octanol–water partition coefficient (Wildman–Crippen LogP) is 3.85. The van der Waals surface area contributed by atoms with E-state index in [9.17, 15) is 8.42 Å². The lowest BCUT2D eigenvalue weighted by Gasteiger charge is -2.16. The van der Waals surface area contributed by atoms with Gasteiger partial charge in [0.1, 0.15) is 5.75 Å². The van der Waals surface area contributed by atoms with Gasteiger partial charge in [-0.2, -0.15) is 4.31 Å². The third-order valence-electron chi connectivity index (χ3n) is 4.63. The highest BCUT2D eigenvalue weighted by Crippen LogP contribution is 2.34. The molecule has 2 heterocycles. The molecule has 1 saturated heterocycles. The van der Waals surface area contributed by atoms with Gasteiger partial charge >= 0.3 is 0 Å². The molecule has 9 heteroatoms. The van der Waals surface area contributed by atoms with E-state index in [4.69, 9.17) is 20.8 Å². The Bertz CT molecular complexity index is 1110. The Balaban J connectivity index is 1.73. The number of para-hydroxylation sites is 1. The summed E-state index contributed by atoms with van der Waals surface area (Å²) in [6.45, 7) is 1.05. The Morgan fingerprint density at radius 2 is 1.71 bits per heavy atom. The van der Waals surface area contributed by atoms with Gasteiger partial charge in [0.25, 0.3) is 5.89 Å². The molecule has 0 atom stereocenters. The standard InChI is InChI=1S/C19H18ClN3O4S/c1-26-17-7-3-2-6-14(17)18-21-22-19(27-18)15-12-13(8-9-16(15)20)28(24,25)23-10-4-5-11-23/h2-3,6-9,12H,4-5,10-11H2,1H3. The summed E-state index contributed by atoms with van der Waals surface area (Å²) >= 11 is 6.29. The highest BCUT2D eigenvalue weighted by Gasteiger charge is 2.28. The van der Waals surface area contributed by atoms with Gasteiger partial charge in [-0.25, -0.2) is 8.42 Å². The number of methoxy groups -OCH3 is 1. The Labute approximate surface area is 168 Å². The van der Waals surface area contributed by atoms with E-state index in [1.54, 1.807) is 19.2 Å². The van der Waals surface area contributed by atoms with Crippen LogP contribution in [0.4, 0.5) is 0 Å². The lowest BCUT2D eigenvalue weighted by atomic mass is 10.2. The molecule has 0 unspecified atom stereocenters. The first-order valence-corrected chi connectivity index (χ1v) is 10.6. The van der Waals surface area contributed by atoms with Crippen LogP contribution in [0.3, 0.4) is 0 Å². The normalized spacial score (nSPS) is 15.1. The number of nitrogens with zero attached hydrogens (tertiary/aromatic N) is 3. The quantitative estimate of drug-likeness (QED) is 0.624. The number of rotatable bonds is 5. The Morgan fingerprint density at radius 3 is 2.43 bits per heavy atom. The van der Waals surface area contributed by atoms with Gasteiger partial charge in [-0.3, -0.25) is 0 Å². The molecule has 0 N–H and O–H groups in total. The van der Waals surface area contributed by atoms with Crippen molar-refractivity contribution in [2.75, 3.05) is 20.2 Å². The van der Waals surface area contributed by atoms with E-state index in [0.29, 0.717) is 35.0 Å². The van der Waals surface area contributed by atoms with Crippen LogP contribution in [0.25, 0.3) is 22.9 Å². The first-order valence-electron chi connectivity index (χ1n) is 8.77. The summed E-state index contributed by atoms with van der Waals surface area (Å²) in [5.41, 5.74) is 1.01. The topological polar surface area (TPSA) is 85.5 Å². The maximum Gasteiger partial charge on any atom is 0.251 e. The maximum atomic E-state index is 12.8. The van der Waals surface area contributed by atoms with Crippen LogP contribution in [0.5, 0.6) is 5.75 Å². The van der Waals surface area contributed by atoms with Crippen molar-refractivity contribution in [2.24, 2.45) is 0 Å². The number of hydrogen-bond acceptors (Lipinski definition) is 6. The van der Waals surface area contributed by atoms with E-state index < -0.39 is 10.0 Å². The van der Waals surface area contributed by atoms with Crippen LogP contribution in [0.15, 0.2) is 51.8 Å². The molecule has 1 aliphatic rings. The van der Waals surface area contributed by atoms with Crippen LogP contribution >= 0.6 is 11.6 Å². The fourth-order valence-corrected chi connectivity index (χ4v) is 4.91. The van der Waals surface area contributed by atoms with E-state index in [1.807, 2.05) is 12.1 Å². The van der Waals surface area contributed by atoms with Crippen LogP contribution in [-0.4, -0.2) is 43.1 Å². The van der Waals surface area contributed by atoms with Crippen molar-refractivity contribution >= 4 is 21.6 Å². The lowest BCUT2D eigenvalue weighted by Crippen LogP contribution is -2.27. The van der Waals surface area contributed by atoms with Crippen molar-refractivity contribution in [3.05, 3.63) is 47.5 Å². The second-order valence-electron chi connectivity index (χ2n) is 6.37. The number of hydrogen-bond donors (Lipinski definition) is 0. The third-order valence-corrected chi connectivity index (χ3v) is 6.86. The molecular formula is C19H18ClN3O4S. The summed E-state index contributed by atoms with van der Waals surface area (Å²) in [6, 6.07) is 11.8. The molecule has 0 radical (unpaired) electrons. The van der Waals surface area contributed by atoms with Gasteiger partial charge in [0.2, 0.25) is 15.9 Å². The van der Waals surface area contributed by atoms with Gasteiger partial charge in [-0.15, -0.1) is 10.2 Å². The van der Waals surface area contributed by atoms with Crippen LogP contribution in [0.2, 0.25) is 5.02 Å². The highest BCUT2D eigenvalue weighted by molar-refractivity contribution is 7.89. The number of aromatic nitrogens is 2. The highest BCUT2D eigenvalue weighted by atomic mass is 35.5. The Hall–Kier alpha value is -2.42. The monoisotopic (exact) mass is 419 g/mol. The smallest absolute Gasteiger partial charge is 0.251 e. The van der Waals surface area contributed by atoms with Crippen molar-refractivity contribution in [2.45, 2.75) is 17.7 Å². The summed E-state index contributed by atoms with van der Waals surface area (Å²) in [7, 11) is -2.02. The van der Waals surface area contributed by atoms with Gasteiger partial charge in [0.05, 0.1) is 28.2 Å². The van der Waals surface area contributed by atoms with Crippen LogP contribution in [0.1, 0.15) is 12.8 Å². The van der Waals surface area contributed by atoms with Gasteiger partial charge < -0.3 is 9.15 Å². The molecule has 28 heavy (non-hydrogen) atoms. The average molecular weight is 420 g/mol. The van der Waals surface area contributed by atoms with Crippen molar-refractivity contribution in [1.82, 2.24) is 14.5 Å². The zero-order chi connectivity index (χ0) is 19.7. The van der Waals surface area contributed by atoms with E-state index in [0.717, 1.165) is 12.8 Å². The molecule has 1 fully saturated rings. The van der Waals surface area contributed by atoms with E-state index in [-0.39, 0.29) is 16.7 Å². The SMILES string of the molecule is COc1ccccc1-c1nnc(-c2cc(S(=O)(=O)N3CCCC3)ccc2Cl)o1. The molecule has 0 bridgehead atoms. The summed E-state index contributed by atoms with van der Waals surface area (Å²) in [5, 5.41) is 8.45. The Morgan fingerprint density at radius 1 is 1.04 bits per heavy atom. The summed E-state index contributed by atoms with van der Waals surface area (Å²) in [4.78, 5) is 0.158. The zero-order valence-electron chi connectivity index (χ0n) is 15.1. The van der Waals surface area contributed by atoms with Gasteiger partial charge in [0.15, 0.2) is 0 Å².